The molecule has 1 nitrogen and oxygen atoms in total. The molecule has 120 valence electrons. The molecule has 0 N–H and O–H groups in total. The summed E-state index contributed by atoms with van der Waals surface area (Å²) in [6, 6.07) is 13.7. The zero-order valence-electron chi connectivity index (χ0n) is 12.9. The van der Waals surface area contributed by atoms with Gasteiger partial charge in [0.1, 0.15) is 11.6 Å². The molecular weight excluding hydrogens is 375 g/mol. The van der Waals surface area contributed by atoms with Crippen LogP contribution in [-0.2, 0) is 6.42 Å². The Morgan fingerprint density at radius 3 is 2.78 bits per heavy atom. The van der Waals surface area contributed by atoms with Crippen LogP contribution >= 0.6 is 27.3 Å². The van der Waals surface area contributed by atoms with Crippen LogP contribution in [0.1, 0.15) is 30.2 Å². The molecule has 2 aromatic carbocycles. The van der Waals surface area contributed by atoms with Crippen molar-refractivity contribution in [3.63, 3.8) is 0 Å². The van der Waals surface area contributed by atoms with Crippen molar-refractivity contribution in [3.8, 4) is 5.75 Å². The molecule has 0 aliphatic rings. The van der Waals surface area contributed by atoms with Gasteiger partial charge in [0.25, 0.3) is 0 Å². The summed E-state index contributed by atoms with van der Waals surface area (Å²) in [5.74, 6) is 0.369. The molecule has 0 spiro atoms. The van der Waals surface area contributed by atoms with Crippen molar-refractivity contribution in [1.82, 2.24) is 0 Å². The van der Waals surface area contributed by atoms with Gasteiger partial charge in [-0.2, -0.15) is 0 Å². The summed E-state index contributed by atoms with van der Waals surface area (Å²) in [5, 5.41) is 1.21. The van der Waals surface area contributed by atoms with Crippen LogP contribution < -0.4 is 4.74 Å². The normalized spacial score (nSPS) is 11.1. The number of hydrogen-bond acceptors (Lipinski definition) is 2. The minimum Gasteiger partial charge on any atom is -0.492 e. The van der Waals surface area contributed by atoms with E-state index in [2.05, 4.69) is 41.1 Å². The molecular formula is C19H18BrFOS. The molecule has 0 aliphatic carbocycles. The van der Waals surface area contributed by atoms with E-state index in [1.807, 2.05) is 18.2 Å². The zero-order chi connectivity index (χ0) is 16.2. The Morgan fingerprint density at radius 2 is 2.00 bits per heavy atom. The molecule has 0 fully saturated rings. The second-order valence-corrected chi connectivity index (χ2v) is 7.53. The fourth-order valence-corrected chi connectivity index (χ4v) is 4.05. The largest absolute Gasteiger partial charge is 0.492 e. The van der Waals surface area contributed by atoms with E-state index < -0.39 is 0 Å². The lowest BCUT2D eigenvalue weighted by atomic mass is 10.1. The fraction of sp³-hybridized carbons (Fsp3) is 0.263. The molecule has 4 heteroatoms. The maximum absolute atomic E-state index is 14.4. The number of hydrogen-bond donors (Lipinski definition) is 0. The molecule has 1 heterocycles. The van der Waals surface area contributed by atoms with Crippen LogP contribution in [0, 0.1) is 5.82 Å². The van der Waals surface area contributed by atoms with E-state index in [0.717, 1.165) is 22.2 Å². The van der Waals surface area contributed by atoms with Crippen molar-refractivity contribution in [2.24, 2.45) is 0 Å². The molecule has 3 rings (SSSR count). The first-order valence-electron chi connectivity index (χ1n) is 7.75. The first kappa shape index (κ1) is 16.5. The lowest BCUT2D eigenvalue weighted by Gasteiger charge is -2.10. The fourth-order valence-electron chi connectivity index (χ4n) is 2.45. The van der Waals surface area contributed by atoms with E-state index in [1.165, 1.54) is 16.2 Å². The predicted molar refractivity (Wildman–Crippen MR) is 99.1 cm³/mol. The van der Waals surface area contributed by atoms with Crippen LogP contribution in [0.5, 0.6) is 5.75 Å². The Labute approximate surface area is 148 Å². The summed E-state index contributed by atoms with van der Waals surface area (Å²) in [7, 11) is 0. The van der Waals surface area contributed by atoms with Gasteiger partial charge in [-0.1, -0.05) is 31.5 Å². The SMILES string of the molecule is CCCCOc1cc(F)c(Cc2cc3ccccc3s2)cc1Br. The molecule has 0 radical (unpaired) electrons. The second kappa shape index (κ2) is 7.45. The summed E-state index contributed by atoms with van der Waals surface area (Å²) in [6.07, 6.45) is 2.63. The Kier molecular flexibility index (Phi) is 5.34. The second-order valence-electron chi connectivity index (χ2n) is 5.50. The van der Waals surface area contributed by atoms with Gasteiger partial charge in [0.05, 0.1) is 11.1 Å². The van der Waals surface area contributed by atoms with Crippen LogP contribution in [0.25, 0.3) is 10.1 Å². The van der Waals surface area contributed by atoms with E-state index in [0.29, 0.717) is 24.3 Å². The van der Waals surface area contributed by atoms with Crippen LogP contribution in [-0.4, -0.2) is 6.61 Å². The molecule has 0 unspecified atom stereocenters. The highest BCUT2D eigenvalue weighted by atomic mass is 79.9. The lowest BCUT2D eigenvalue weighted by molar-refractivity contribution is 0.306. The van der Waals surface area contributed by atoms with Crippen LogP contribution in [0.15, 0.2) is 46.9 Å². The average molecular weight is 393 g/mol. The summed E-state index contributed by atoms with van der Waals surface area (Å²) in [5.41, 5.74) is 0.686. The minimum atomic E-state index is -0.211. The Morgan fingerprint density at radius 1 is 1.17 bits per heavy atom. The number of fused-ring (bicyclic) bond motifs is 1. The number of unbranched alkanes of at least 4 members (excludes halogenated alkanes) is 1. The molecule has 0 atom stereocenters. The predicted octanol–water partition coefficient (Wildman–Crippen LogP) is 6.57. The molecule has 0 amide bonds. The van der Waals surface area contributed by atoms with E-state index in [1.54, 1.807) is 11.3 Å². The van der Waals surface area contributed by atoms with Crippen molar-refractivity contribution in [3.05, 3.63) is 63.2 Å². The van der Waals surface area contributed by atoms with Crippen LogP contribution in [0.3, 0.4) is 0 Å². The smallest absolute Gasteiger partial charge is 0.136 e. The van der Waals surface area contributed by atoms with E-state index in [4.69, 9.17) is 4.74 Å². The topological polar surface area (TPSA) is 9.23 Å². The minimum absolute atomic E-state index is 0.211. The molecule has 1 aromatic heterocycles. The molecule has 0 saturated heterocycles. The number of ether oxygens (including phenoxy) is 1. The Bertz CT molecular complexity index is 779. The summed E-state index contributed by atoms with van der Waals surface area (Å²) in [4.78, 5) is 1.16. The highest BCUT2D eigenvalue weighted by Gasteiger charge is 2.11. The third-order valence-corrected chi connectivity index (χ3v) is 5.43. The number of benzene rings is 2. The number of thiophene rings is 1. The first-order valence-corrected chi connectivity index (χ1v) is 9.36. The summed E-state index contributed by atoms with van der Waals surface area (Å²) in [6.45, 7) is 2.72. The maximum atomic E-state index is 14.4. The van der Waals surface area contributed by atoms with Crippen LogP contribution in [0.2, 0.25) is 0 Å². The Balaban J connectivity index is 1.81. The van der Waals surface area contributed by atoms with Gasteiger partial charge < -0.3 is 4.74 Å². The molecule has 23 heavy (non-hydrogen) atoms. The third kappa shape index (κ3) is 3.93. The van der Waals surface area contributed by atoms with Crippen LogP contribution in [0.4, 0.5) is 4.39 Å². The van der Waals surface area contributed by atoms with E-state index in [-0.39, 0.29) is 5.82 Å². The highest BCUT2D eigenvalue weighted by molar-refractivity contribution is 9.10. The van der Waals surface area contributed by atoms with E-state index in [9.17, 15) is 4.39 Å². The molecule has 0 saturated carbocycles. The van der Waals surface area contributed by atoms with Gasteiger partial charge in [-0.3, -0.25) is 0 Å². The number of rotatable bonds is 6. The van der Waals surface area contributed by atoms with Crippen molar-refractivity contribution >= 4 is 37.4 Å². The zero-order valence-corrected chi connectivity index (χ0v) is 15.3. The van der Waals surface area contributed by atoms with Gasteiger partial charge in [0, 0.05) is 22.1 Å². The van der Waals surface area contributed by atoms with Crippen molar-refractivity contribution in [2.75, 3.05) is 6.61 Å². The van der Waals surface area contributed by atoms with E-state index >= 15 is 0 Å². The standard InChI is InChI=1S/C19H18BrFOS/c1-2-3-8-22-18-12-17(21)14(11-16(18)20)10-15-9-13-6-4-5-7-19(13)23-15/h4-7,9,11-12H,2-3,8,10H2,1H3. The monoisotopic (exact) mass is 392 g/mol. The summed E-state index contributed by atoms with van der Waals surface area (Å²) < 4.78 is 22.1. The van der Waals surface area contributed by atoms with Crippen molar-refractivity contribution in [1.29, 1.82) is 0 Å². The van der Waals surface area contributed by atoms with Gasteiger partial charge in [0.2, 0.25) is 0 Å². The molecule has 0 bridgehead atoms. The van der Waals surface area contributed by atoms with Crippen molar-refractivity contribution < 1.29 is 9.13 Å². The quantitative estimate of drug-likeness (QED) is 0.430. The maximum Gasteiger partial charge on any atom is 0.136 e. The van der Waals surface area contributed by atoms with Gasteiger partial charge in [-0.25, -0.2) is 4.39 Å². The highest BCUT2D eigenvalue weighted by Crippen LogP contribution is 2.32. The Hall–Kier alpha value is -1.39. The molecule has 3 aromatic rings. The average Bonchev–Trinajstić information content (AvgIpc) is 2.94. The van der Waals surface area contributed by atoms with Crippen molar-refractivity contribution in [2.45, 2.75) is 26.2 Å². The lowest BCUT2D eigenvalue weighted by Crippen LogP contribution is -1.99. The van der Waals surface area contributed by atoms with Gasteiger partial charge >= 0.3 is 0 Å². The third-order valence-electron chi connectivity index (χ3n) is 3.70. The molecule has 0 aliphatic heterocycles. The summed E-state index contributed by atoms with van der Waals surface area (Å²) >= 11 is 5.21. The van der Waals surface area contributed by atoms with Gasteiger partial charge in [0.15, 0.2) is 0 Å². The first-order chi connectivity index (χ1) is 11.2. The van der Waals surface area contributed by atoms with Gasteiger partial charge in [-0.15, -0.1) is 11.3 Å². The number of halogens is 2. The van der Waals surface area contributed by atoms with Gasteiger partial charge in [-0.05, 0) is 51.5 Å².